The second kappa shape index (κ2) is 11.5. The molecule has 0 fully saturated rings. The van der Waals surface area contributed by atoms with Gasteiger partial charge in [-0.05, 0) is 57.3 Å². The summed E-state index contributed by atoms with van der Waals surface area (Å²) in [6.07, 6.45) is 0. The van der Waals surface area contributed by atoms with Gasteiger partial charge in [0.2, 0.25) is 0 Å². The normalized spacial score (nSPS) is 11.7. The van der Waals surface area contributed by atoms with Gasteiger partial charge in [-0.25, -0.2) is 0 Å². The Kier molecular flexibility index (Phi) is 8.85. The molecule has 0 saturated heterocycles. The van der Waals surface area contributed by atoms with Gasteiger partial charge in [0.05, 0.1) is 32.5 Å². The molecule has 5 aromatic carbocycles. The first-order valence-electron chi connectivity index (χ1n) is 11.1. The van der Waals surface area contributed by atoms with Crippen molar-refractivity contribution in [3.8, 4) is 11.5 Å². The Morgan fingerprint density at radius 1 is 0.730 bits per heavy atom. The van der Waals surface area contributed by atoms with Gasteiger partial charge in [0, 0.05) is 5.39 Å². The molecule has 0 saturated carbocycles. The van der Waals surface area contributed by atoms with Gasteiger partial charge in [-0.3, -0.25) is 0 Å². The number of benzene rings is 5. The van der Waals surface area contributed by atoms with Crippen LogP contribution < -0.4 is 14.7 Å². The van der Waals surface area contributed by atoms with Gasteiger partial charge in [0.1, 0.15) is 16.4 Å². The van der Waals surface area contributed by atoms with Crippen molar-refractivity contribution in [2.24, 2.45) is 5.73 Å². The van der Waals surface area contributed by atoms with Gasteiger partial charge in [-0.2, -0.15) is 21.9 Å². The van der Waals surface area contributed by atoms with Crippen molar-refractivity contribution in [3.05, 3.63) is 78.9 Å². The monoisotopic (exact) mass is 543 g/mol. The van der Waals surface area contributed by atoms with E-state index in [0.29, 0.717) is 11.1 Å². The van der Waals surface area contributed by atoms with Gasteiger partial charge >= 0.3 is 10.1 Å². The van der Waals surface area contributed by atoms with Crippen LogP contribution in [0.2, 0.25) is 0 Å². The first-order valence-corrected chi connectivity index (χ1v) is 12.5. The van der Waals surface area contributed by atoms with Crippen LogP contribution in [0.3, 0.4) is 0 Å². The maximum Gasteiger partial charge on any atom is 0.339 e. The zero-order valence-corrected chi connectivity index (χ0v) is 21.9. The average Bonchev–Trinajstić information content (AvgIpc) is 2.91. The summed E-state index contributed by atoms with van der Waals surface area (Å²) in [6.45, 7) is -1.21. The van der Waals surface area contributed by atoms with Crippen LogP contribution in [0.15, 0.2) is 83.8 Å². The summed E-state index contributed by atoms with van der Waals surface area (Å²) in [5.41, 5.74) is 3.94. The maximum absolute atomic E-state index is 13.0. The van der Waals surface area contributed by atoms with E-state index in [1.165, 1.54) is 0 Å². The summed E-state index contributed by atoms with van der Waals surface area (Å²) in [7, 11) is -2.45. The Hall–Kier alpha value is -3.12. The van der Waals surface area contributed by atoms with Crippen molar-refractivity contribution in [2.75, 3.05) is 26.9 Å². The van der Waals surface area contributed by atoms with Gasteiger partial charge in [-0.15, -0.1) is 0 Å². The molecule has 0 radical (unpaired) electrons. The van der Waals surface area contributed by atoms with Crippen LogP contribution in [0.1, 0.15) is 0 Å². The average molecular weight is 544 g/mol. The summed E-state index contributed by atoms with van der Waals surface area (Å²) >= 11 is 0. The molecule has 196 valence electrons. The molecule has 0 bridgehead atoms. The Balaban J connectivity index is 0.000000370. The molecule has 0 spiro atoms. The molecule has 0 aliphatic rings. The fourth-order valence-electron chi connectivity index (χ4n) is 3.88. The Labute approximate surface area is 221 Å². The molecule has 10 heteroatoms. The lowest BCUT2D eigenvalue weighted by Gasteiger charge is -2.20. The molecule has 5 N–H and O–H groups in total. The third-order valence-electron chi connectivity index (χ3n) is 5.97. The van der Waals surface area contributed by atoms with Crippen molar-refractivity contribution in [2.45, 2.75) is 10.4 Å². The van der Waals surface area contributed by atoms with Gasteiger partial charge < -0.3 is 30.0 Å². The van der Waals surface area contributed by atoms with E-state index in [-0.39, 0.29) is 24.1 Å². The number of methoxy groups -OCH3 is 1. The van der Waals surface area contributed by atoms with Crippen LogP contribution in [0.4, 0.5) is 0 Å². The molecular formula is C27H29NO7S2. The van der Waals surface area contributed by atoms with Crippen LogP contribution in [-0.2, 0) is 10.1 Å². The lowest BCUT2D eigenvalue weighted by atomic mass is 9.94. The van der Waals surface area contributed by atoms with E-state index in [4.69, 9.17) is 30.0 Å². The number of ether oxygens (including phenoxy) is 1. The third-order valence-corrected chi connectivity index (χ3v) is 7.27. The molecule has 0 aromatic heterocycles. The lowest BCUT2D eigenvalue weighted by Crippen LogP contribution is -2.50. The lowest BCUT2D eigenvalue weighted by molar-refractivity contribution is 0.0697. The summed E-state index contributed by atoms with van der Waals surface area (Å²) in [4.78, 5) is 0.161. The predicted octanol–water partition coefficient (Wildman–Crippen LogP) is 3.13. The predicted molar refractivity (Wildman–Crippen MR) is 150 cm³/mol. The van der Waals surface area contributed by atoms with E-state index in [1.807, 2.05) is 42.5 Å². The number of aliphatic hydroxyl groups is 3. The second-order valence-corrected chi connectivity index (χ2v) is 9.98. The van der Waals surface area contributed by atoms with E-state index in [0.717, 1.165) is 26.9 Å². The third kappa shape index (κ3) is 5.74. The number of nitrogens with two attached hydrogens (primary N) is 1. The van der Waals surface area contributed by atoms with E-state index >= 15 is 0 Å². The molecule has 0 unspecified atom stereocenters. The molecule has 0 heterocycles. The van der Waals surface area contributed by atoms with E-state index < -0.39 is 35.5 Å². The zero-order chi connectivity index (χ0) is 25.9. The van der Waals surface area contributed by atoms with Crippen LogP contribution in [0, 0.1) is 0 Å². The van der Waals surface area contributed by atoms with E-state index in [2.05, 4.69) is 6.07 Å². The standard InChI is InChI=1S/C23H16O4S.C4H11NO3.H2S/c1-26-18-9-11-19(12-10-18)27-28(24,25)21-14-8-17-6-5-15-3-2-4-16-7-13-20(21)23(17)22(15)16;5-4(1-6,2-7)3-8;/h2-14H,1H3;6-8H,1-3,5H2;1H2. The van der Waals surface area contributed by atoms with Crippen LogP contribution >= 0.6 is 13.5 Å². The first kappa shape index (κ1) is 28.5. The SMILES string of the molecule is COc1ccc(OS(=O)(=O)c2ccc3ccc4cccc5ccc2c3c45)cc1.NC(CO)(CO)CO.S. The maximum atomic E-state index is 13.0. The Morgan fingerprint density at radius 3 is 1.73 bits per heavy atom. The second-order valence-electron chi connectivity index (χ2n) is 8.47. The van der Waals surface area contributed by atoms with Crippen molar-refractivity contribution < 1.29 is 32.7 Å². The summed E-state index contributed by atoms with van der Waals surface area (Å²) < 4.78 is 36.6. The molecular weight excluding hydrogens is 514 g/mol. The van der Waals surface area contributed by atoms with Crippen LogP contribution in [0.25, 0.3) is 32.3 Å². The van der Waals surface area contributed by atoms with Crippen LogP contribution in [0.5, 0.6) is 11.5 Å². The highest BCUT2D eigenvalue weighted by molar-refractivity contribution is 7.87. The summed E-state index contributed by atoms with van der Waals surface area (Å²) in [5.74, 6) is 0.874. The highest BCUT2D eigenvalue weighted by atomic mass is 32.2. The molecule has 5 rings (SSSR count). The molecule has 8 nitrogen and oxygen atoms in total. The topological polar surface area (TPSA) is 139 Å². The van der Waals surface area contributed by atoms with E-state index in [1.54, 1.807) is 37.4 Å². The minimum atomic E-state index is -4.00. The van der Waals surface area contributed by atoms with Crippen LogP contribution in [-0.4, -0.2) is 56.2 Å². The zero-order valence-electron chi connectivity index (χ0n) is 20.1. The smallest absolute Gasteiger partial charge is 0.339 e. The van der Waals surface area contributed by atoms with Crippen molar-refractivity contribution >= 4 is 55.9 Å². The van der Waals surface area contributed by atoms with Gasteiger partial charge in [-0.1, -0.05) is 48.5 Å². The van der Waals surface area contributed by atoms with Gasteiger partial charge in [0.15, 0.2) is 0 Å². The van der Waals surface area contributed by atoms with Crippen molar-refractivity contribution in [1.29, 1.82) is 0 Å². The summed E-state index contributed by atoms with van der Waals surface area (Å²) in [5, 5.41) is 30.9. The van der Waals surface area contributed by atoms with E-state index in [9.17, 15) is 8.42 Å². The van der Waals surface area contributed by atoms with Crippen molar-refractivity contribution in [1.82, 2.24) is 0 Å². The fraction of sp³-hybridized carbons (Fsp3) is 0.185. The fourth-order valence-corrected chi connectivity index (χ4v) is 5.01. The molecule has 37 heavy (non-hydrogen) atoms. The van der Waals surface area contributed by atoms with Crippen molar-refractivity contribution in [3.63, 3.8) is 0 Å². The Bertz CT molecular complexity index is 1560. The molecule has 0 aliphatic heterocycles. The molecule has 0 aliphatic carbocycles. The largest absolute Gasteiger partial charge is 0.497 e. The number of aliphatic hydroxyl groups excluding tert-OH is 3. The highest BCUT2D eigenvalue weighted by Crippen LogP contribution is 2.37. The Morgan fingerprint density at radius 2 is 1.22 bits per heavy atom. The number of hydrogen-bond donors (Lipinski definition) is 4. The minimum Gasteiger partial charge on any atom is -0.497 e. The highest BCUT2D eigenvalue weighted by Gasteiger charge is 2.22. The quantitative estimate of drug-likeness (QED) is 0.181. The number of rotatable bonds is 7. The first-order chi connectivity index (χ1) is 17.2. The minimum absolute atomic E-state index is 0. The summed E-state index contributed by atoms with van der Waals surface area (Å²) in [6, 6.07) is 23.9. The molecule has 0 atom stereocenters. The molecule has 0 amide bonds. The number of hydrogen-bond acceptors (Lipinski definition) is 8. The molecule has 5 aromatic rings. The van der Waals surface area contributed by atoms with Gasteiger partial charge in [0.25, 0.3) is 0 Å².